The molecule has 14 heavy (non-hydrogen) atoms. The molecule has 1 heterocycles. The first-order chi connectivity index (χ1) is 6.75. The lowest BCUT2D eigenvalue weighted by Gasteiger charge is -2.01. The van der Waals surface area contributed by atoms with E-state index in [4.69, 9.17) is 4.74 Å². The number of methoxy groups -OCH3 is 1. The van der Waals surface area contributed by atoms with Crippen LogP contribution in [-0.4, -0.2) is 25.5 Å². The Morgan fingerprint density at radius 1 is 1.64 bits per heavy atom. The zero-order valence-electron chi connectivity index (χ0n) is 8.45. The number of ether oxygens (including phenoxy) is 1. The summed E-state index contributed by atoms with van der Waals surface area (Å²) < 4.78 is 10.8. The normalized spacial score (nSPS) is 10.7. The van der Waals surface area contributed by atoms with E-state index < -0.39 is 0 Å². The summed E-state index contributed by atoms with van der Waals surface area (Å²) in [6.45, 7) is 1.99. The Labute approximate surface area is 82.4 Å². The van der Waals surface area contributed by atoms with Crippen molar-refractivity contribution in [3.8, 4) is 5.95 Å². The van der Waals surface area contributed by atoms with E-state index >= 15 is 0 Å². The molecular formula is C8H15N3O3. The van der Waals surface area contributed by atoms with Crippen molar-refractivity contribution in [3.63, 3.8) is 0 Å². The molecular weight excluding hydrogens is 186 g/mol. The minimum absolute atomic E-state index is 0.383. The molecule has 0 unspecified atom stereocenters. The van der Waals surface area contributed by atoms with Crippen molar-refractivity contribution in [2.45, 2.75) is 13.0 Å². The molecule has 1 aromatic rings. The fraction of sp³-hybridized carbons (Fsp3) is 0.750. The van der Waals surface area contributed by atoms with Crippen molar-refractivity contribution in [2.75, 3.05) is 20.3 Å². The third-order valence-electron chi connectivity index (χ3n) is 1.87. The Hall–Kier alpha value is -1.14. The molecule has 0 aliphatic carbocycles. The van der Waals surface area contributed by atoms with Gasteiger partial charge in [-0.1, -0.05) is 4.68 Å². The second-order valence-electron chi connectivity index (χ2n) is 2.95. The van der Waals surface area contributed by atoms with E-state index in [1.807, 2.05) is 0 Å². The molecule has 0 aromatic carbocycles. The monoisotopic (exact) mass is 201 g/mol. The second kappa shape index (κ2) is 5.56. The minimum Gasteiger partial charge on any atom is -0.539 e. The first kappa shape index (κ1) is 10.9. The third-order valence-corrected chi connectivity index (χ3v) is 1.87. The van der Waals surface area contributed by atoms with Crippen LogP contribution in [0.1, 0.15) is 12.1 Å². The van der Waals surface area contributed by atoms with Crippen molar-refractivity contribution in [1.82, 2.24) is 10.6 Å². The van der Waals surface area contributed by atoms with Crippen LogP contribution in [0.3, 0.4) is 0 Å². The second-order valence-corrected chi connectivity index (χ2v) is 2.95. The van der Waals surface area contributed by atoms with Gasteiger partial charge in [-0.25, -0.2) is 0 Å². The number of aryl methyl sites for hydroxylation is 1. The molecule has 0 radical (unpaired) electrons. The maximum Gasteiger partial charge on any atom is 0.246 e. The van der Waals surface area contributed by atoms with Crippen LogP contribution in [0.25, 0.3) is 0 Å². The number of rotatable bonds is 6. The zero-order valence-corrected chi connectivity index (χ0v) is 8.45. The lowest BCUT2D eigenvalue weighted by Crippen LogP contribution is -2.37. The number of hydrogen-bond acceptors (Lipinski definition) is 5. The van der Waals surface area contributed by atoms with Gasteiger partial charge in [0.15, 0.2) is 13.0 Å². The Balaban J connectivity index is 2.24. The van der Waals surface area contributed by atoms with Gasteiger partial charge in [0.25, 0.3) is 0 Å². The minimum atomic E-state index is -0.383. The van der Waals surface area contributed by atoms with Crippen LogP contribution in [-0.2, 0) is 18.3 Å². The first-order valence-electron chi connectivity index (χ1n) is 4.47. The first-order valence-corrected chi connectivity index (χ1v) is 4.47. The molecule has 0 saturated carbocycles. The number of hydrogen-bond donors (Lipinski definition) is 1. The summed E-state index contributed by atoms with van der Waals surface area (Å²) in [6, 6.07) is 0. The van der Waals surface area contributed by atoms with E-state index in [0.29, 0.717) is 18.8 Å². The number of nitrogens with zero attached hydrogens (tertiary/aromatic N) is 2. The SMILES string of the molecule is COCCCNCc1c([O-])on[n+]1C. The molecule has 1 N–H and O–H groups in total. The van der Waals surface area contributed by atoms with Gasteiger partial charge < -0.3 is 19.7 Å². The molecule has 1 rings (SSSR count). The van der Waals surface area contributed by atoms with Crippen molar-refractivity contribution in [2.24, 2.45) is 7.05 Å². The predicted molar refractivity (Wildman–Crippen MR) is 45.3 cm³/mol. The van der Waals surface area contributed by atoms with E-state index in [1.165, 1.54) is 4.68 Å². The van der Waals surface area contributed by atoms with E-state index in [2.05, 4.69) is 15.1 Å². The van der Waals surface area contributed by atoms with Crippen LogP contribution < -0.4 is 15.1 Å². The fourth-order valence-electron chi connectivity index (χ4n) is 1.07. The van der Waals surface area contributed by atoms with Crippen molar-refractivity contribution in [3.05, 3.63) is 5.69 Å². The summed E-state index contributed by atoms with van der Waals surface area (Å²) in [7, 11) is 3.34. The summed E-state index contributed by atoms with van der Waals surface area (Å²) in [5.74, 6) is -0.383. The smallest absolute Gasteiger partial charge is 0.246 e. The Morgan fingerprint density at radius 2 is 2.43 bits per heavy atom. The highest BCUT2D eigenvalue weighted by Crippen LogP contribution is 2.04. The average Bonchev–Trinajstić information content (AvgIpc) is 2.48. The third kappa shape index (κ3) is 2.97. The van der Waals surface area contributed by atoms with E-state index in [0.717, 1.165) is 13.0 Å². The van der Waals surface area contributed by atoms with E-state index in [9.17, 15) is 5.11 Å². The van der Waals surface area contributed by atoms with Gasteiger partial charge >= 0.3 is 0 Å². The molecule has 0 aliphatic heterocycles. The molecule has 0 spiro atoms. The van der Waals surface area contributed by atoms with Crippen LogP contribution in [0.15, 0.2) is 4.52 Å². The summed E-state index contributed by atoms with van der Waals surface area (Å²) in [6.07, 6.45) is 0.916. The van der Waals surface area contributed by atoms with Gasteiger partial charge in [0.1, 0.15) is 0 Å². The number of nitrogens with one attached hydrogen (secondary N) is 1. The van der Waals surface area contributed by atoms with Crippen LogP contribution in [0.4, 0.5) is 0 Å². The van der Waals surface area contributed by atoms with Crippen molar-refractivity contribution >= 4 is 0 Å². The maximum atomic E-state index is 11.0. The highest BCUT2D eigenvalue weighted by Gasteiger charge is 2.11. The van der Waals surface area contributed by atoms with Gasteiger partial charge in [-0.05, 0) is 13.0 Å². The van der Waals surface area contributed by atoms with Gasteiger partial charge in [0.2, 0.25) is 5.69 Å². The lowest BCUT2D eigenvalue weighted by molar-refractivity contribution is -0.746. The lowest BCUT2D eigenvalue weighted by atomic mass is 10.4. The van der Waals surface area contributed by atoms with E-state index in [1.54, 1.807) is 14.2 Å². The van der Waals surface area contributed by atoms with Gasteiger partial charge in [-0.2, -0.15) is 0 Å². The molecule has 0 aliphatic rings. The van der Waals surface area contributed by atoms with Crippen LogP contribution in [0.5, 0.6) is 5.95 Å². The van der Waals surface area contributed by atoms with Crippen LogP contribution >= 0.6 is 0 Å². The maximum absolute atomic E-state index is 11.0. The molecule has 0 atom stereocenters. The summed E-state index contributed by atoms with van der Waals surface area (Å²) in [5.41, 5.74) is 0.530. The molecule has 0 amide bonds. The Morgan fingerprint density at radius 3 is 3.00 bits per heavy atom. The summed E-state index contributed by atoms with van der Waals surface area (Å²) >= 11 is 0. The van der Waals surface area contributed by atoms with Gasteiger partial charge in [-0.3, -0.25) is 0 Å². The fourth-order valence-corrected chi connectivity index (χ4v) is 1.07. The van der Waals surface area contributed by atoms with E-state index in [-0.39, 0.29) is 5.95 Å². The highest BCUT2D eigenvalue weighted by molar-refractivity contribution is 5.02. The zero-order chi connectivity index (χ0) is 10.4. The van der Waals surface area contributed by atoms with Gasteiger partial charge in [0, 0.05) is 13.7 Å². The Kier molecular flexibility index (Phi) is 4.34. The molecule has 6 nitrogen and oxygen atoms in total. The summed E-state index contributed by atoms with van der Waals surface area (Å²) in [5, 5.41) is 17.6. The van der Waals surface area contributed by atoms with Crippen molar-refractivity contribution in [1.29, 1.82) is 0 Å². The van der Waals surface area contributed by atoms with Gasteiger partial charge in [-0.15, -0.1) is 0 Å². The topological polar surface area (TPSA) is 74.2 Å². The largest absolute Gasteiger partial charge is 0.539 e. The Bertz CT molecular complexity index is 255. The average molecular weight is 201 g/mol. The molecule has 0 saturated heterocycles. The van der Waals surface area contributed by atoms with Crippen molar-refractivity contribution < 1.29 is 19.0 Å². The molecule has 0 bridgehead atoms. The quantitative estimate of drug-likeness (QED) is 0.457. The van der Waals surface area contributed by atoms with Crippen LogP contribution in [0.2, 0.25) is 0 Å². The highest BCUT2D eigenvalue weighted by atomic mass is 16.6. The molecule has 80 valence electrons. The molecule has 0 fully saturated rings. The standard InChI is InChI=1S/C8H15N3O3/c1-11-7(8(12)14-10-11)6-9-4-3-5-13-2/h9H,3-6H2,1-2H3. The van der Waals surface area contributed by atoms with Gasteiger partial charge in [0.05, 0.1) is 11.8 Å². The summed E-state index contributed by atoms with van der Waals surface area (Å²) in [4.78, 5) is 0. The molecule has 1 aromatic heterocycles. The van der Waals surface area contributed by atoms with Crippen LogP contribution in [0, 0.1) is 0 Å². The molecule has 6 heteroatoms. The predicted octanol–water partition coefficient (Wildman–Crippen LogP) is -1.30. The number of aromatic nitrogens is 2.